The predicted molar refractivity (Wildman–Crippen MR) is 66.8 cm³/mol. The maximum Gasteiger partial charge on any atom is 0.0455 e. The largest absolute Gasteiger partial charge is 0.371 e. The summed E-state index contributed by atoms with van der Waals surface area (Å²) in [5.41, 5.74) is 2.53. The molecule has 2 rings (SSSR count). The molecule has 0 amide bonds. The number of rotatable bonds is 1. The van der Waals surface area contributed by atoms with Crippen molar-refractivity contribution < 1.29 is 0 Å². The van der Waals surface area contributed by atoms with Crippen molar-refractivity contribution in [3.63, 3.8) is 0 Å². The fourth-order valence-electron chi connectivity index (χ4n) is 2.19. The van der Waals surface area contributed by atoms with Crippen LogP contribution in [0.25, 0.3) is 0 Å². The van der Waals surface area contributed by atoms with Crippen LogP contribution in [0.3, 0.4) is 0 Å². The van der Waals surface area contributed by atoms with Crippen LogP contribution >= 0.6 is 11.6 Å². The van der Waals surface area contributed by atoms with Gasteiger partial charge in [-0.2, -0.15) is 0 Å². The molecule has 1 aliphatic heterocycles. The first-order valence-corrected chi connectivity index (χ1v) is 6.06. The van der Waals surface area contributed by atoms with Gasteiger partial charge in [-0.1, -0.05) is 24.6 Å². The normalized spacial score (nSPS) is 18.2. The first-order chi connectivity index (χ1) is 7.18. The van der Waals surface area contributed by atoms with Crippen molar-refractivity contribution in [1.82, 2.24) is 0 Å². The smallest absolute Gasteiger partial charge is 0.0455 e. The lowest BCUT2D eigenvalue weighted by atomic mass is 9.98. The van der Waals surface area contributed by atoms with Gasteiger partial charge in [0.1, 0.15) is 0 Å². The van der Waals surface area contributed by atoms with Gasteiger partial charge < -0.3 is 4.90 Å². The van der Waals surface area contributed by atoms with E-state index in [0.717, 1.165) is 10.9 Å². The summed E-state index contributed by atoms with van der Waals surface area (Å²) in [6, 6.07) is 6.19. The highest BCUT2D eigenvalue weighted by molar-refractivity contribution is 6.31. The zero-order valence-electron chi connectivity index (χ0n) is 9.46. The summed E-state index contributed by atoms with van der Waals surface area (Å²) in [6.07, 6.45) is 2.60. The fraction of sp³-hybridized carbons (Fsp3) is 0.538. The van der Waals surface area contributed by atoms with Crippen LogP contribution in [0, 0.1) is 12.8 Å². The quantitative estimate of drug-likeness (QED) is 0.699. The molecule has 0 aromatic heterocycles. The second-order valence-electron chi connectivity index (χ2n) is 4.55. The molecule has 1 aliphatic rings. The molecule has 0 aliphatic carbocycles. The minimum absolute atomic E-state index is 0.876. The number of anilines is 1. The third-order valence-electron chi connectivity index (χ3n) is 3.36. The number of benzene rings is 1. The van der Waals surface area contributed by atoms with Gasteiger partial charge in [0.15, 0.2) is 0 Å². The molecule has 0 radical (unpaired) electrons. The average molecular weight is 224 g/mol. The molecule has 0 unspecified atom stereocenters. The van der Waals surface area contributed by atoms with Gasteiger partial charge >= 0.3 is 0 Å². The lowest BCUT2D eigenvalue weighted by Gasteiger charge is -2.33. The lowest BCUT2D eigenvalue weighted by molar-refractivity contribution is 0.438. The van der Waals surface area contributed by atoms with Crippen molar-refractivity contribution in [3.05, 3.63) is 28.8 Å². The van der Waals surface area contributed by atoms with E-state index in [1.807, 2.05) is 12.1 Å². The molecule has 0 bridgehead atoms. The SMILES string of the molecule is Cc1c(Cl)cccc1N1CCC(C)CC1. The molecule has 1 heterocycles. The number of halogens is 1. The molecule has 0 atom stereocenters. The number of piperidine rings is 1. The molecule has 1 fully saturated rings. The second kappa shape index (κ2) is 4.44. The Morgan fingerprint density at radius 3 is 2.60 bits per heavy atom. The van der Waals surface area contributed by atoms with E-state index in [1.165, 1.54) is 37.2 Å². The van der Waals surface area contributed by atoms with Crippen LogP contribution in [-0.4, -0.2) is 13.1 Å². The van der Waals surface area contributed by atoms with Gasteiger partial charge in [0, 0.05) is 23.8 Å². The highest BCUT2D eigenvalue weighted by Crippen LogP contribution is 2.29. The van der Waals surface area contributed by atoms with Crippen molar-refractivity contribution in [2.75, 3.05) is 18.0 Å². The lowest BCUT2D eigenvalue weighted by Crippen LogP contribution is -2.33. The molecule has 1 saturated heterocycles. The van der Waals surface area contributed by atoms with Gasteiger partial charge in [-0.05, 0) is 43.4 Å². The summed E-state index contributed by atoms with van der Waals surface area (Å²) in [7, 11) is 0. The fourth-order valence-corrected chi connectivity index (χ4v) is 2.36. The molecule has 0 saturated carbocycles. The van der Waals surface area contributed by atoms with E-state index in [1.54, 1.807) is 0 Å². The van der Waals surface area contributed by atoms with Gasteiger partial charge in [-0.3, -0.25) is 0 Å². The molecule has 15 heavy (non-hydrogen) atoms. The molecule has 2 heteroatoms. The summed E-state index contributed by atoms with van der Waals surface area (Å²) in [5.74, 6) is 0.876. The van der Waals surface area contributed by atoms with Crippen molar-refractivity contribution in [2.45, 2.75) is 26.7 Å². The van der Waals surface area contributed by atoms with Crippen molar-refractivity contribution in [3.8, 4) is 0 Å². The van der Waals surface area contributed by atoms with Crippen LogP contribution < -0.4 is 4.90 Å². The standard InChI is InChI=1S/C13H18ClN/c1-10-6-8-15(9-7-10)13-5-3-4-12(14)11(13)2/h3-5,10H,6-9H2,1-2H3. The molecule has 82 valence electrons. The Morgan fingerprint density at radius 1 is 1.27 bits per heavy atom. The number of hydrogen-bond donors (Lipinski definition) is 0. The highest BCUT2D eigenvalue weighted by Gasteiger charge is 2.17. The molecular formula is C13H18ClN. The Kier molecular flexibility index (Phi) is 3.20. The van der Waals surface area contributed by atoms with E-state index in [-0.39, 0.29) is 0 Å². The third kappa shape index (κ3) is 2.28. The van der Waals surface area contributed by atoms with Crippen molar-refractivity contribution in [2.24, 2.45) is 5.92 Å². The van der Waals surface area contributed by atoms with Crippen molar-refractivity contribution in [1.29, 1.82) is 0 Å². The van der Waals surface area contributed by atoms with Crippen LogP contribution in [0.2, 0.25) is 5.02 Å². The molecule has 0 spiro atoms. The summed E-state index contributed by atoms with van der Waals surface area (Å²) >= 11 is 6.14. The van der Waals surface area contributed by atoms with E-state index in [0.29, 0.717) is 0 Å². The maximum absolute atomic E-state index is 6.14. The Bertz CT molecular complexity index is 340. The Hall–Kier alpha value is -0.690. The Labute approximate surface area is 97.0 Å². The van der Waals surface area contributed by atoms with Gasteiger partial charge in [-0.15, -0.1) is 0 Å². The summed E-state index contributed by atoms with van der Waals surface area (Å²) in [5, 5.41) is 0.881. The molecule has 1 nitrogen and oxygen atoms in total. The van der Waals surface area contributed by atoms with Crippen molar-refractivity contribution >= 4 is 17.3 Å². The van der Waals surface area contributed by atoms with Gasteiger partial charge in [0.2, 0.25) is 0 Å². The van der Waals surface area contributed by atoms with Crippen LogP contribution in [-0.2, 0) is 0 Å². The second-order valence-corrected chi connectivity index (χ2v) is 4.96. The summed E-state index contributed by atoms with van der Waals surface area (Å²) < 4.78 is 0. The predicted octanol–water partition coefficient (Wildman–Crippen LogP) is 3.88. The minimum atomic E-state index is 0.876. The van der Waals surface area contributed by atoms with Gasteiger partial charge in [-0.25, -0.2) is 0 Å². The minimum Gasteiger partial charge on any atom is -0.371 e. The first kappa shape index (κ1) is 10.8. The zero-order valence-corrected chi connectivity index (χ0v) is 10.2. The summed E-state index contributed by atoms with van der Waals surface area (Å²) in [6.45, 7) is 6.78. The van der Waals surface area contributed by atoms with E-state index in [4.69, 9.17) is 11.6 Å². The van der Waals surface area contributed by atoms with E-state index in [2.05, 4.69) is 24.8 Å². The van der Waals surface area contributed by atoms with Gasteiger partial charge in [0.25, 0.3) is 0 Å². The van der Waals surface area contributed by atoms with Gasteiger partial charge in [0.05, 0.1) is 0 Å². The zero-order chi connectivity index (χ0) is 10.8. The molecule has 1 aromatic rings. The average Bonchev–Trinajstić information content (AvgIpc) is 2.24. The van der Waals surface area contributed by atoms with E-state index < -0.39 is 0 Å². The number of nitrogens with zero attached hydrogens (tertiary/aromatic N) is 1. The van der Waals surface area contributed by atoms with Crippen LogP contribution in [0.15, 0.2) is 18.2 Å². The molecule has 0 N–H and O–H groups in total. The highest BCUT2D eigenvalue weighted by atomic mass is 35.5. The summed E-state index contributed by atoms with van der Waals surface area (Å²) in [4.78, 5) is 2.46. The van der Waals surface area contributed by atoms with Crippen LogP contribution in [0.5, 0.6) is 0 Å². The topological polar surface area (TPSA) is 3.24 Å². The Morgan fingerprint density at radius 2 is 1.93 bits per heavy atom. The third-order valence-corrected chi connectivity index (χ3v) is 3.77. The molecular weight excluding hydrogens is 206 g/mol. The Balaban J connectivity index is 2.19. The van der Waals surface area contributed by atoms with E-state index in [9.17, 15) is 0 Å². The number of hydrogen-bond acceptors (Lipinski definition) is 1. The van der Waals surface area contributed by atoms with Crippen LogP contribution in [0.4, 0.5) is 5.69 Å². The monoisotopic (exact) mass is 223 g/mol. The molecule has 1 aromatic carbocycles. The van der Waals surface area contributed by atoms with E-state index >= 15 is 0 Å². The maximum atomic E-state index is 6.14. The first-order valence-electron chi connectivity index (χ1n) is 5.68. The van der Waals surface area contributed by atoms with Crippen LogP contribution in [0.1, 0.15) is 25.3 Å².